The lowest BCUT2D eigenvalue weighted by Crippen LogP contribution is -2.15. The van der Waals surface area contributed by atoms with Crippen LogP contribution in [0.15, 0.2) is 176 Å². The molecule has 324 valence electrons. The van der Waals surface area contributed by atoms with Crippen molar-refractivity contribution in [3.05, 3.63) is 158 Å². The van der Waals surface area contributed by atoms with E-state index in [4.69, 9.17) is 26.9 Å². The van der Waals surface area contributed by atoms with Crippen LogP contribution in [0.2, 0.25) is 0 Å². The van der Waals surface area contributed by atoms with Gasteiger partial charge in [-0.3, -0.25) is 0 Å². The Morgan fingerprint density at radius 2 is 0.953 bits per heavy atom. The van der Waals surface area contributed by atoms with Gasteiger partial charge in [-0.25, -0.2) is 0 Å². The summed E-state index contributed by atoms with van der Waals surface area (Å²) >= 11 is 3.53. The Morgan fingerprint density at radius 1 is 0.500 bits per heavy atom. The summed E-state index contributed by atoms with van der Waals surface area (Å²) < 4.78 is 40.8. The summed E-state index contributed by atoms with van der Waals surface area (Å²) in [5, 5.41) is 8.22. The molecule has 0 amide bonds. The van der Waals surface area contributed by atoms with E-state index in [0.29, 0.717) is 16.9 Å². The SMILES string of the molecule is CCCCSc1cc(OC)cc2c1op(Oc1ccc3ccccc3c1-c1c(OP(c3ccccc3)c3ccccc3)ccc3ccccc13)oc1c(SCCCC)cc(OC)cc12. The summed E-state index contributed by atoms with van der Waals surface area (Å²) in [4.78, 5) is 1.94. The Balaban J connectivity index is 1.31. The zero-order chi connectivity index (χ0) is 43.8. The van der Waals surface area contributed by atoms with Crippen molar-refractivity contribution in [2.45, 2.75) is 49.3 Å². The van der Waals surface area contributed by atoms with Gasteiger partial charge >= 0.3 is 8.24 Å². The molecule has 1 heterocycles. The summed E-state index contributed by atoms with van der Waals surface area (Å²) in [7, 11) is 0.0627. The molecule has 6 nitrogen and oxygen atoms in total. The van der Waals surface area contributed by atoms with E-state index in [1.807, 2.05) is 24.3 Å². The van der Waals surface area contributed by atoms with Crippen molar-refractivity contribution >= 4 is 94.0 Å². The number of rotatable bonds is 17. The normalized spacial score (nSPS) is 11.5. The maximum atomic E-state index is 7.38. The fourth-order valence-corrected chi connectivity index (χ4v) is 13.0. The van der Waals surface area contributed by atoms with Crippen LogP contribution in [-0.2, 0) is 0 Å². The molecule has 0 N–H and O–H groups in total. The van der Waals surface area contributed by atoms with Gasteiger partial charge in [0.05, 0.1) is 24.0 Å². The van der Waals surface area contributed by atoms with Crippen LogP contribution in [0.25, 0.3) is 54.6 Å². The van der Waals surface area contributed by atoms with Crippen LogP contribution in [0.4, 0.5) is 0 Å². The molecule has 8 aromatic carbocycles. The summed E-state index contributed by atoms with van der Waals surface area (Å²) in [6.07, 6.45) is 4.29. The number of unbranched alkanes of at least 4 members (excludes halogenated alkanes) is 2. The minimum atomic E-state index is -2.09. The number of fused-ring (bicyclic) bond motifs is 5. The molecule has 0 fully saturated rings. The average molecular weight is 921 g/mol. The summed E-state index contributed by atoms with van der Waals surface area (Å²) in [5.74, 6) is 4.72. The molecule has 64 heavy (non-hydrogen) atoms. The number of thioether (sulfide) groups is 2. The van der Waals surface area contributed by atoms with Crippen molar-refractivity contribution in [2.24, 2.45) is 0 Å². The van der Waals surface area contributed by atoms with E-state index < -0.39 is 16.4 Å². The molecule has 10 heteroatoms. The fourth-order valence-electron chi connectivity index (χ4n) is 7.78. The molecule has 0 spiro atoms. The quantitative estimate of drug-likeness (QED) is 0.0508. The van der Waals surface area contributed by atoms with E-state index in [9.17, 15) is 0 Å². The lowest BCUT2D eigenvalue weighted by atomic mass is 9.92. The number of ether oxygens (including phenoxy) is 2. The van der Waals surface area contributed by atoms with Gasteiger partial charge in [0.25, 0.3) is 0 Å². The predicted molar refractivity (Wildman–Crippen MR) is 273 cm³/mol. The topological polar surface area (TPSA) is 63.2 Å². The van der Waals surface area contributed by atoms with Gasteiger partial charge in [0.15, 0.2) is 19.3 Å². The van der Waals surface area contributed by atoms with Crippen LogP contribution in [0.1, 0.15) is 39.5 Å². The average Bonchev–Trinajstić information content (AvgIpc) is 3.50. The Labute approximate surface area is 385 Å². The monoisotopic (exact) mass is 920 g/mol. The molecule has 0 unspecified atom stereocenters. The molecule has 0 bridgehead atoms. The van der Waals surface area contributed by atoms with Crippen molar-refractivity contribution in [1.29, 1.82) is 0 Å². The van der Waals surface area contributed by atoms with Gasteiger partial charge < -0.3 is 26.9 Å². The standard InChI is InChI=1S/C54H50O6P2S2/c1-5-7-31-63-49-35-39(55-3)33-45-46-34-40(56-4)36-50(64-32-8-6-2)54(46)60-62(59-53(45)49)58-48-30-28-38-20-16-18-26-44(38)52(48)51-43-25-17-15-19-37(43)27-29-47(51)57-61(41-21-11-9-12-22-41)42-23-13-10-14-24-42/h9-30,33-36H,5-8,31-32H2,1-4H3. The molecule has 0 saturated carbocycles. The summed E-state index contributed by atoms with van der Waals surface area (Å²) in [5.41, 5.74) is 3.26. The highest BCUT2D eigenvalue weighted by atomic mass is 32.2. The molecule has 0 atom stereocenters. The molecule has 1 aromatic heterocycles. The van der Waals surface area contributed by atoms with Crippen LogP contribution in [0.5, 0.6) is 23.0 Å². The van der Waals surface area contributed by atoms with Crippen LogP contribution in [0.3, 0.4) is 0 Å². The van der Waals surface area contributed by atoms with Crippen molar-refractivity contribution < 1.29 is 26.9 Å². The summed E-state index contributed by atoms with van der Waals surface area (Å²) in [6, 6.07) is 54.6. The molecular weight excluding hydrogens is 871 g/mol. The number of benzene rings is 8. The highest BCUT2D eigenvalue weighted by Gasteiger charge is 2.25. The Morgan fingerprint density at radius 3 is 1.44 bits per heavy atom. The molecule has 0 radical (unpaired) electrons. The lowest BCUT2D eigenvalue weighted by molar-refractivity contribution is 0.414. The Bertz CT molecular complexity index is 2970. The first-order valence-corrected chi connectivity index (χ1v) is 26.1. The molecule has 9 aromatic rings. The van der Waals surface area contributed by atoms with Gasteiger partial charge in [0, 0.05) is 32.5 Å². The first-order chi connectivity index (χ1) is 31.6. The lowest BCUT2D eigenvalue weighted by Gasteiger charge is -2.23. The van der Waals surface area contributed by atoms with Crippen LogP contribution >= 0.6 is 39.9 Å². The van der Waals surface area contributed by atoms with Gasteiger partial charge in [-0.2, -0.15) is 0 Å². The minimum absolute atomic E-state index is 0.627. The third kappa shape index (κ3) is 9.34. The van der Waals surface area contributed by atoms with Crippen molar-refractivity contribution in [2.75, 3.05) is 25.7 Å². The Hall–Kier alpha value is -5.49. The smallest absolute Gasteiger partial charge is 0.453 e. The van der Waals surface area contributed by atoms with E-state index in [2.05, 4.69) is 147 Å². The van der Waals surface area contributed by atoms with Crippen molar-refractivity contribution in [1.82, 2.24) is 0 Å². The molecule has 9 rings (SSSR count). The zero-order valence-corrected chi connectivity index (χ0v) is 39.8. The second-order valence-corrected chi connectivity index (χ2v) is 20.4. The van der Waals surface area contributed by atoms with Crippen molar-refractivity contribution in [3.63, 3.8) is 0 Å². The van der Waals surface area contributed by atoms with Gasteiger partial charge in [-0.15, -0.1) is 23.5 Å². The maximum absolute atomic E-state index is 7.38. The molecule has 0 aliphatic rings. The number of hydrogen-bond acceptors (Lipinski definition) is 8. The third-order valence-corrected chi connectivity index (χ3v) is 16.2. The van der Waals surface area contributed by atoms with E-state index in [1.165, 1.54) is 0 Å². The van der Waals surface area contributed by atoms with Crippen molar-refractivity contribution in [3.8, 4) is 34.1 Å². The van der Waals surface area contributed by atoms with E-state index >= 15 is 0 Å². The largest absolute Gasteiger partial charge is 0.497 e. The van der Waals surface area contributed by atoms with E-state index in [-0.39, 0.29) is 0 Å². The van der Waals surface area contributed by atoms with E-state index in [1.54, 1.807) is 37.7 Å². The van der Waals surface area contributed by atoms with Crippen LogP contribution in [-0.4, -0.2) is 25.7 Å². The number of hydrogen-bond donors (Lipinski definition) is 0. The van der Waals surface area contributed by atoms with E-state index in [0.717, 1.165) is 118 Å². The van der Waals surface area contributed by atoms with Crippen LogP contribution < -0.4 is 29.1 Å². The predicted octanol–water partition coefficient (Wildman–Crippen LogP) is 16.3. The highest BCUT2D eigenvalue weighted by Crippen LogP contribution is 2.52. The van der Waals surface area contributed by atoms with Gasteiger partial charge in [0.1, 0.15) is 23.0 Å². The maximum Gasteiger partial charge on any atom is 0.453 e. The molecular formula is C54H50O6P2S2. The first-order valence-electron chi connectivity index (χ1n) is 21.7. The fraction of sp³-hybridized carbons (Fsp3) is 0.185. The minimum Gasteiger partial charge on any atom is -0.497 e. The zero-order valence-electron chi connectivity index (χ0n) is 36.4. The molecule has 0 aliphatic heterocycles. The van der Waals surface area contributed by atoms with Crippen LogP contribution in [0, 0.1) is 0 Å². The molecule has 0 saturated heterocycles. The Kier molecular flexibility index (Phi) is 14.1. The third-order valence-electron chi connectivity index (χ3n) is 11.0. The first kappa shape index (κ1) is 43.7. The van der Waals surface area contributed by atoms with Gasteiger partial charge in [-0.05, 0) is 82.3 Å². The van der Waals surface area contributed by atoms with Gasteiger partial charge in [0.2, 0.25) is 0 Å². The second kappa shape index (κ2) is 20.6. The van der Waals surface area contributed by atoms with Gasteiger partial charge in [-0.1, -0.05) is 148 Å². The second-order valence-electron chi connectivity index (χ2n) is 15.3. The number of methoxy groups -OCH3 is 2. The highest BCUT2D eigenvalue weighted by molar-refractivity contribution is 7.99. The molecule has 0 aliphatic carbocycles. The summed E-state index contributed by atoms with van der Waals surface area (Å²) in [6.45, 7) is 4.42.